The highest BCUT2D eigenvalue weighted by Crippen LogP contribution is 2.19. The van der Waals surface area contributed by atoms with Crippen LogP contribution in [0.2, 0.25) is 0 Å². The molecule has 2 rings (SSSR count). The highest BCUT2D eigenvalue weighted by molar-refractivity contribution is 7.89. The molecule has 0 aliphatic heterocycles. The van der Waals surface area contributed by atoms with Crippen LogP contribution in [0.3, 0.4) is 0 Å². The first kappa shape index (κ1) is 14.2. The van der Waals surface area contributed by atoms with E-state index in [1.807, 2.05) is 6.07 Å². The Morgan fingerprint density at radius 3 is 2.30 bits per heavy atom. The zero-order chi connectivity index (χ0) is 14.8. The van der Waals surface area contributed by atoms with Gasteiger partial charge in [0, 0.05) is 11.3 Å². The van der Waals surface area contributed by atoms with Gasteiger partial charge in [-0.3, -0.25) is 4.79 Å². The number of benzene rings is 2. The number of carbonyl (C=O) groups excluding carboxylic acids is 1. The van der Waals surface area contributed by atoms with E-state index in [4.69, 9.17) is 5.14 Å². The monoisotopic (exact) mass is 290 g/mol. The molecule has 0 atom stereocenters. The number of carbonyl (C=O) groups is 1. The largest absolute Gasteiger partial charge is 0.322 e. The minimum Gasteiger partial charge on any atom is -0.322 e. The summed E-state index contributed by atoms with van der Waals surface area (Å²) in [5.41, 5.74) is 1.70. The fraction of sp³-hybridized carbons (Fsp3) is 0.0714. The smallest absolute Gasteiger partial charge is 0.255 e. The number of anilines is 1. The molecule has 0 saturated carbocycles. The van der Waals surface area contributed by atoms with Crippen LogP contribution >= 0.6 is 0 Å². The van der Waals surface area contributed by atoms with Gasteiger partial charge in [0.2, 0.25) is 10.0 Å². The number of hydrogen-bond acceptors (Lipinski definition) is 3. The number of nitrogens with two attached hydrogens (primary N) is 1. The molecule has 0 heterocycles. The maximum absolute atomic E-state index is 12.0. The molecule has 104 valence electrons. The molecule has 1 amide bonds. The van der Waals surface area contributed by atoms with Gasteiger partial charge in [-0.15, -0.1) is 0 Å². The summed E-state index contributed by atoms with van der Waals surface area (Å²) in [6, 6.07) is 13.1. The van der Waals surface area contributed by atoms with E-state index in [0.717, 1.165) is 0 Å². The van der Waals surface area contributed by atoms with Crippen LogP contribution in [0.25, 0.3) is 0 Å². The maximum atomic E-state index is 12.0. The van der Waals surface area contributed by atoms with Gasteiger partial charge in [-0.25, -0.2) is 13.6 Å². The molecular formula is C14H14N2O3S. The van der Waals surface area contributed by atoms with Crippen molar-refractivity contribution in [2.24, 2.45) is 5.14 Å². The standard InChI is InChI=1S/C14H14N2O3S/c1-10-9-12(20(15,18)19)7-8-13(10)16-14(17)11-5-3-2-4-6-11/h2-9H,1H3,(H,16,17)(H2,15,18,19). The molecule has 5 nitrogen and oxygen atoms in total. The van der Waals surface area contributed by atoms with Gasteiger partial charge in [0.15, 0.2) is 0 Å². The number of amides is 1. The molecule has 0 unspecified atom stereocenters. The zero-order valence-electron chi connectivity index (χ0n) is 10.8. The van der Waals surface area contributed by atoms with E-state index in [0.29, 0.717) is 16.8 Å². The normalized spacial score (nSPS) is 11.1. The van der Waals surface area contributed by atoms with Gasteiger partial charge >= 0.3 is 0 Å². The van der Waals surface area contributed by atoms with E-state index in [9.17, 15) is 13.2 Å². The molecular weight excluding hydrogens is 276 g/mol. The van der Waals surface area contributed by atoms with Crippen LogP contribution in [0.4, 0.5) is 5.69 Å². The first-order chi connectivity index (χ1) is 9.38. The summed E-state index contributed by atoms with van der Waals surface area (Å²) in [5.74, 6) is -0.253. The van der Waals surface area contributed by atoms with Crippen LogP contribution in [0, 0.1) is 6.92 Å². The summed E-state index contributed by atoms with van der Waals surface area (Å²) < 4.78 is 22.5. The average molecular weight is 290 g/mol. The Hall–Kier alpha value is -2.18. The molecule has 0 bridgehead atoms. The number of primary sulfonamides is 1. The Bertz CT molecular complexity index is 740. The minimum atomic E-state index is -3.74. The molecule has 20 heavy (non-hydrogen) atoms. The highest BCUT2D eigenvalue weighted by atomic mass is 32.2. The lowest BCUT2D eigenvalue weighted by atomic mass is 10.1. The summed E-state index contributed by atoms with van der Waals surface area (Å²) in [5, 5.41) is 7.78. The van der Waals surface area contributed by atoms with E-state index >= 15 is 0 Å². The van der Waals surface area contributed by atoms with Crippen LogP contribution in [0.5, 0.6) is 0 Å². The number of rotatable bonds is 3. The predicted octanol–water partition coefficient (Wildman–Crippen LogP) is 1.89. The van der Waals surface area contributed by atoms with Gasteiger partial charge in [0.25, 0.3) is 5.91 Å². The lowest BCUT2D eigenvalue weighted by molar-refractivity contribution is 0.102. The molecule has 0 aliphatic rings. The van der Waals surface area contributed by atoms with Gasteiger partial charge in [-0.1, -0.05) is 18.2 Å². The predicted molar refractivity (Wildman–Crippen MR) is 76.9 cm³/mol. The van der Waals surface area contributed by atoms with Crippen LogP contribution in [0.15, 0.2) is 53.4 Å². The summed E-state index contributed by atoms with van der Waals surface area (Å²) >= 11 is 0. The molecule has 3 N–H and O–H groups in total. The lowest BCUT2D eigenvalue weighted by Gasteiger charge is -2.09. The number of hydrogen-bond donors (Lipinski definition) is 2. The Morgan fingerprint density at radius 1 is 1.10 bits per heavy atom. The molecule has 0 aliphatic carbocycles. The van der Waals surface area contributed by atoms with E-state index in [-0.39, 0.29) is 10.8 Å². The van der Waals surface area contributed by atoms with E-state index < -0.39 is 10.0 Å². The number of aryl methyl sites for hydroxylation is 1. The molecule has 0 fully saturated rings. The molecule has 6 heteroatoms. The third-order valence-corrected chi connectivity index (χ3v) is 3.72. The second kappa shape index (κ2) is 5.44. The summed E-state index contributed by atoms with van der Waals surface area (Å²) in [6.45, 7) is 1.70. The summed E-state index contributed by atoms with van der Waals surface area (Å²) in [4.78, 5) is 12.0. The number of nitrogens with one attached hydrogen (secondary N) is 1. The fourth-order valence-corrected chi connectivity index (χ4v) is 2.34. The van der Waals surface area contributed by atoms with Crippen molar-refractivity contribution in [2.75, 3.05) is 5.32 Å². The van der Waals surface area contributed by atoms with E-state index in [2.05, 4.69) is 5.32 Å². The molecule has 0 saturated heterocycles. The van der Waals surface area contributed by atoms with Crippen LogP contribution in [-0.4, -0.2) is 14.3 Å². The number of sulfonamides is 1. The molecule has 0 spiro atoms. The van der Waals surface area contributed by atoms with Gasteiger partial charge < -0.3 is 5.32 Å². The van der Waals surface area contributed by atoms with Crippen molar-refractivity contribution in [3.05, 3.63) is 59.7 Å². The van der Waals surface area contributed by atoms with Crippen molar-refractivity contribution in [1.29, 1.82) is 0 Å². The summed E-state index contributed by atoms with van der Waals surface area (Å²) in [7, 11) is -3.74. The van der Waals surface area contributed by atoms with E-state index in [1.165, 1.54) is 18.2 Å². The topological polar surface area (TPSA) is 89.3 Å². The first-order valence-electron chi connectivity index (χ1n) is 5.88. The van der Waals surface area contributed by atoms with Crippen molar-refractivity contribution in [3.8, 4) is 0 Å². The molecule has 2 aromatic rings. The van der Waals surface area contributed by atoms with Crippen molar-refractivity contribution >= 4 is 21.6 Å². The first-order valence-corrected chi connectivity index (χ1v) is 7.42. The zero-order valence-corrected chi connectivity index (χ0v) is 11.6. The third-order valence-electron chi connectivity index (χ3n) is 2.81. The van der Waals surface area contributed by atoms with Gasteiger partial charge in [-0.05, 0) is 42.8 Å². The third kappa shape index (κ3) is 3.23. The Labute approximate surface area is 117 Å². The van der Waals surface area contributed by atoms with Crippen LogP contribution < -0.4 is 10.5 Å². The van der Waals surface area contributed by atoms with Gasteiger partial charge in [-0.2, -0.15) is 0 Å². The maximum Gasteiger partial charge on any atom is 0.255 e. The highest BCUT2D eigenvalue weighted by Gasteiger charge is 2.11. The molecule has 0 radical (unpaired) electrons. The molecule has 2 aromatic carbocycles. The quantitative estimate of drug-likeness (QED) is 0.904. The van der Waals surface area contributed by atoms with Crippen LogP contribution in [0.1, 0.15) is 15.9 Å². The Kier molecular flexibility index (Phi) is 3.87. The van der Waals surface area contributed by atoms with Crippen molar-refractivity contribution in [1.82, 2.24) is 0 Å². The van der Waals surface area contributed by atoms with E-state index in [1.54, 1.807) is 31.2 Å². The SMILES string of the molecule is Cc1cc(S(N)(=O)=O)ccc1NC(=O)c1ccccc1. The van der Waals surface area contributed by atoms with Gasteiger partial charge in [0.05, 0.1) is 4.90 Å². The second-order valence-corrected chi connectivity index (χ2v) is 5.90. The second-order valence-electron chi connectivity index (χ2n) is 4.34. The van der Waals surface area contributed by atoms with Gasteiger partial charge in [0.1, 0.15) is 0 Å². The molecule has 0 aromatic heterocycles. The summed E-state index contributed by atoms with van der Waals surface area (Å²) in [6.07, 6.45) is 0. The van der Waals surface area contributed by atoms with Crippen LogP contribution in [-0.2, 0) is 10.0 Å². The Balaban J connectivity index is 2.25. The average Bonchev–Trinajstić information content (AvgIpc) is 2.41. The lowest BCUT2D eigenvalue weighted by Crippen LogP contribution is -2.15. The fourth-order valence-electron chi connectivity index (χ4n) is 1.74. The van der Waals surface area contributed by atoms with Crippen molar-refractivity contribution in [2.45, 2.75) is 11.8 Å². The van der Waals surface area contributed by atoms with Crippen molar-refractivity contribution < 1.29 is 13.2 Å². The minimum absolute atomic E-state index is 0.0210. The van der Waals surface area contributed by atoms with Crippen molar-refractivity contribution in [3.63, 3.8) is 0 Å². The Morgan fingerprint density at radius 2 is 1.75 bits per heavy atom.